The lowest BCUT2D eigenvalue weighted by Crippen LogP contribution is -2.58. The van der Waals surface area contributed by atoms with Crippen LogP contribution in [-0.2, 0) is 14.6 Å². The highest BCUT2D eigenvalue weighted by molar-refractivity contribution is 8.00. The van der Waals surface area contributed by atoms with Crippen molar-refractivity contribution in [3.8, 4) is 0 Å². The lowest BCUT2D eigenvalue weighted by atomic mass is 9.89. The summed E-state index contributed by atoms with van der Waals surface area (Å²) in [7, 11) is -1.35. The van der Waals surface area contributed by atoms with Crippen LogP contribution >= 0.6 is 11.8 Å². The molecule has 184 valence electrons. The van der Waals surface area contributed by atoms with Gasteiger partial charge in [-0.2, -0.15) is 11.8 Å². The molecule has 2 heterocycles. The Morgan fingerprint density at radius 1 is 1.06 bits per heavy atom. The first-order chi connectivity index (χ1) is 16.0. The number of thioether (sulfide) groups is 1. The molecule has 1 N–H and O–H groups in total. The number of rotatable bonds is 7. The predicted octanol–water partition coefficient (Wildman–Crippen LogP) is 5.29. The third kappa shape index (κ3) is 6.36. The van der Waals surface area contributed by atoms with Crippen LogP contribution in [0.4, 0.5) is 0 Å². The molecular weight excluding hydrogens is 452 g/mol. The van der Waals surface area contributed by atoms with Gasteiger partial charge in [-0.25, -0.2) is 8.42 Å². The highest BCUT2D eigenvalue weighted by Gasteiger charge is 2.39. The van der Waals surface area contributed by atoms with Crippen molar-refractivity contribution < 1.29 is 13.2 Å². The summed E-state index contributed by atoms with van der Waals surface area (Å²) < 4.78 is 30.0. The maximum absolute atomic E-state index is 12.0. The first-order valence-electron chi connectivity index (χ1n) is 12.6. The van der Waals surface area contributed by atoms with Gasteiger partial charge in [0.05, 0.1) is 17.0 Å². The summed E-state index contributed by atoms with van der Waals surface area (Å²) >= 11 is 2.09. The van der Waals surface area contributed by atoms with Crippen LogP contribution < -0.4 is 5.32 Å². The fourth-order valence-corrected chi connectivity index (χ4v) is 7.42. The standard InChI is InChI=1S/C26H40N2O3S2/c1-31-25-17-16-24(20-12-14-23(15-13-20)33(2,29)30)28(21-9-6-4-3-5-7-10-21)26(25)27-19-22-11-8-18-32-22/h9,12-15,22,24-27H,3-8,10-11,16-19H2,1-2H3/b21-9+. The molecule has 0 bridgehead atoms. The molecule has 2 fully saturated rings. The molecule has 33 heavy (non-hydrogen) atoms. The summed E-state index contributed by atoms with van der Waals surface area (Å²) in [5, 5.41) is 4.61. The zero-order chi connectivity index (χ0) is 23.3. The Morgan fingerprint density at radius 3 is 2.55 bits per heavy atom. The van der Waals surface area contributed by atoms with E-state index < -0.39 is 9.84 Å². The molecule has 0 aromatic heterocycles. The first-order valence-corrected chi connectivity index (χ1v) is 15.6. The molecular formula is C26H40N2O3S2. The van der Waals surface area contributed by atoms with Crippen LogP contribution in [0.2, 0.25) is 0 Å². The second-order valence-corrected chi connectivity index (χ2v) is 13.2. The van der Waals surface area contributed by atoms with E-state index in [2.05, 4.69) is 28.1 Å². The second-order valence-electron chi connectivity index (χ2n) is 9.75. The van der Waals surface area contributed by atoms with Gasteiger partial charge in [-0.1, -0.05) is 31.1 Å². The molecule has 1 aliphatic carbocycles. The Labute approximate surface area is 204 Å². The number of hydrogen-bond acceptors (Lipinski definition) is 6. The Kier molecular flexibility index (Phi) is 8.82. The van der Waals surface area contributed by atoms with Crippen molar-refractivity contribution in [2.75, 3.05) is 25.7 Å². The lowest BCUT2D eigenvalue weighted by Gasteiger charge is -2.49. The van der Waals surface area contributed by atoms with E-state index in [1.165, 1.54) is 61.8 Å². The molecule has 2 saturated heterocycles. The maximum Gasteiger partial charge on any atom is 0.175 e. The number of methoxy groups -OCH3 is 1. The van der Waals surface area contributed by atoms with Gasteiger partial charge in [-0.05, 0) is 74.8 Å². The summed E-state index contributed by atoms with van der Waals surface area (Å²) in [4.78, 5) is 3.00. The Morgan fingerprint density at radius 2 is 1.85 bits per heavy atom. The molecule has 1 aromatic carbocycles. The van der Waals surface area contributed by atoms with Gasteiger partial charge >= 0.3 is 0 Å². The molecule has 2 aliphatic heterocycles. The highest BCUT2D eigenvalue weighted by Crippen LogP contribution is 2.40. The molecule has 7 heteroatoms. The van der Waals surface area contributed by atoms with Gasteiger partial charge in [-0.15, -0.1) is 0 Å². The number of ether oxygens (including phenoxy) is 1. The number of nitrogens with zero attached hydrogens (tertiary/aromatic N) is 1. The Hall–Kier alpha value is -1.02. The molecule has 4 rings (SSSR count). The third-order valence-corrected chi connectivity index (χ3v) is 9.91. The molecule has 4 atom stereocenters. The fourth-order valence-electron chi connectivity index (χ4n) is 5.58. The monoisotopic (exact) mass is 492 g/mol. The van der Waals surface area contributed by atoms with E-state index in [4.69, 9.17) is 4.74 Å². The van der Waals surface area contributed by atoms with Crippen LogP contribution in [0.25, 0.3) is 0 Å². The number of piperidine rings is 1. The molecule has 0 spiro atoms. The van der Waals surface area contributed by atoms with Crippen LogP contribution in [0.3, 0.4) is 0 Å². The summed E-state index contributed by atoms with van der Waals surface area (Å²) in [6, 6.07) is 7.82. The van der Waals surface area contributed by atoms with Crippen molar-refractivity contribution in [2.24, 2.45) is 0 Å². The number of nitrogens with one attached hydrogen (secondary N) is 1. The van der Waals surface area contributed by atoms with Crippen molar-refractivity contribution in [1.82, 2.24) is 10.2 Å². The topological polar surface area (TPSA) is 58.6 Å². The zero-order valence-corrected chi connectivity index (χ0v) is 21.8. The second kappa shape index (κ2) is 11.6. The predicted molar refractivity (Wildman–Crippen MR) is 137 cm³/mol. The van der Waals surface area contributed by atoms with E-state index in [1.807, 2.05) is 19.2 Å². The van der Waals surface area contributed by atoms with E-state index in [0.717, 1.165) is 32.2 Å². The van der Waals surface area contributed by atoms with Gasteiger partial charge in [0.15, 0.2) is 9.84 Å². The van der Waals surface area contributed by atoms with Crippen molar-refractivity contribution in [1.29, 1.82) is 0 Å². The summed E-state index contributed by atoms with van der Waals surface area (Å²) in [5.74, 6) is 1.27. The number of benzene rings is 1. The summed E-state index contributed by atoms with van der Waals surface area (Å²) in [6.07, 6.45) is 16.0. The molecule has 0 saturated carbocycles. The normalized spacial score (nSPS) is 31.0. The third-order valence-electron chi connectivity index (χ3n) is 7.39. The Bertz CT molecular complexity index is 895. The molecule has 0 radical (unpaired) electrons. The minimum atomic E-state index is -3.19. The smallest absolute Gasteiger partial charge is 0.175 e. The van der Waals surface area contributed by atoms with E-state index >= 15 is 0 Å². The number of sulfone groups is 1. The minimum absolute atomic E-state index is 0.134. The summed E-state index contributed by atoms with van der Waals surface area (Å²) in [6.45, 7) is 1.01. The Balaban J connectivity index is 1.65. The van der Waals surface area contributed by atoms with Gasteiger partial charge in [0.1, 0.15) is 6.17 Å². The first kappa shape index (κ1) is 25.1. The van der Waals surface area contributed by atoms with Crippen LogP contribution in [0.15, 0.2) is 40.9 Å². The van der Waals surface area contributed by atoms with Crippen LogP contribution in [0.1, 0.15) is 75.8 Å². The van der Waals surface area contributed by atoms with Crippen LogP contribution in [0.5, 0.6) is 0 Å². The van der Waals surface area contributed by atoms with Gasteiger partial charge in [0.2, 0.25) is 0 Å². The molecule has 0 amide bonds. The van der Waals surface area contributed by atoms with E-state index in [1.54, 1.807) is 12.1 Å². The quantitative estimate of drug-likeness (QED) is 0.558. The van der Waals surface area contributed by atoms with Crippen LogP contribution in [0, 0.1) is 0 Å². The molecule has 5 nitrogen and oxygen atoms in total. The molecule has 4 unspecified atom stereocenters. The SMILES string of the molecule is COC1CCC(c2ccc(S(C)(=O)=O)cc2)N(/C2=C/CCCCCC2)C1NCC1CCCS1. The molecule has 1 aromatic rings. The van der Waals surface area contributed by atoms with E-state index in [0.29, 0.717) is 10.1 Å². The average Bonchev–Trinajstić information content (AvgIpc) is 3.30. The van der Waals surface area contributed by atoms with Crippen LogP contribution in [-0.4, -0.2) is 56.5 Å². The van der Waals surface area contributed by atoms with Gasteiger partial charge in [-0.3, -0.25) is 5.32 Å². The van der Waals surface area contributed by atoms with Gasteiger partial charge in [0, 0.05) is 30.9 Å². The van der Waals surface area contributed by atoms with Crippen molar-refractivity contribution >= 4 is 21.6 Å². The van der Waals surface area contributed by atoms with Gasteiger partial charge < -0.3 is 9.64 Å². The molecule has 3 aliphatic rings. The number of hydrogen-bond donors (Lipinski definition) is 1. The minimum Gasteiger partial charge on any atom is -0.378 e. The van der Waals surface area contributed by atoms with Crippen molar-refractivity contribution in [2.45, 2.75) is 92.7 Å². The van der Waals surface area contributed by atoms with E-state index in [9.17, 15) is 8.42 Å². The average molecular weight is 493 g/mol. The highest BCUT2D eigenvalue weighted by atomic mass is 32.2. The lowest BCUT2D eigenvalue weighted by molar-refractivity contribution is -0.0445. The fraction of sp³-hybridized carbons (Fsp3) is 0.692. The van der Waals surface area contributed by atoms with Gasteiger partial charge in [0.25, 0.3) is 0 Å². The van der Waals surface area contributed by atoms with Crippen molar-refractivity contribution in [3.05, 3.63) is 41.6 Å². The summed E-state index contributed by atoms with van der Waals surface area (Å²) in [5.41, 5.74) is 2.63. The largest absolute Gasteiger partial charge is 0.378 e. The number of allylic oxidation sites excluding steroid dienone is 2. The zero-order valence-electron chi connectivity index (χ0n) is 20.2. The maximum atomic E-state index is 12.0. The van der Waals surface area contributed by atoms with Crippen molar-refractivity contribution in [3.63, 3.8) is 0 Å². The number of likely N-dealkylation sites (tertiary alicyclic amines) is 1. The van der Waals surface area contributed by atoms with E-state index in [-0.39, 0.29) is 18.3 Å².